The van der Waals surface area contributed by atoms with Crippen molar-refractivity contribution in [3.63, 3.8) is 0 Å². The molecule has 0 aromatic carbocycles. The highest BCUT2D eigenvalue weighted by atomic mass is 16.5. The average molecular weight is 171 g/mol. The lowest BCUT2D eigenvalue weighted by atomic mass is 9.91. The van der Waals surface area contributed by atoms with Crippen molar-refractivity contribution in [3.05, 3.63) is 0 Å². The van der Waals surface area contributed by atoms with E-state index >= 15 is 0 Å². The number of ether oxygens (including phenoxy) is 1. The summed E-state index contributed by atoms with van der Waals surface area (Å²) in [4.78, 5) is 13.3. The van der Waals surface area contributed by atoms with Crippen LogP contribution in [0.5, 0.6) is 0 Å². The molecule has 0 aromatic heterocycles. The molecule has 0 bridgehead atoms. The highest BCUT2D eigenvalue weighted by Gasteiger charge is 2.39. The first-order chi connectivity index (χ1) is 5.46. The number of hydrogen-bond acceptors (Lipinski definition) is 3. The van der Waals surface area contributed by atoms with Gasteiger partial charge >= 0.3 is 5.97 Å². The third kappa shape index (κ3) is 1.78. The predicted octanol–water partition coefficient (Wildman–Crippen LogP) is 0.890. The Labute approximate surface area is 73.7 Å². The molecule has 0 aliphatic carbocycles. The molecule has 1 atom stereocenters. The molecule has 0 radical (unpaired) electrons. The Morgan fingerprint density at radius 1 is 1.58 bits per heavy atom. The molecule has 70 valence electrons. The van der Waals surface area contributed by atoms with Crippen LogP contribution in [0, 0.1) is 5.41 Å². The summed E-state index contributed by atoms with van der Waals surface area (Å²) in [6.45, 7) is 5.31. The van der Waals surface area contributed by atoms with Crippen molar-refractivity contribution < 1.29 is 9.53 Å². The zero-order valence-electron chi connectivity index (χ0n) is 8.26. The molecule has 1 unspecified atom stereocenters. The first kappa shape index (κ1) is 9.52. The summed E-state index contributed by atoms with van der Waals surface area (Å²) in [6, 6.07) is -0.0370. The third-order valence-corrected chi connectivity index (χ3v) is 2.43. The summed E-state index contributed by atoms with van der Waals surface area (Å²) >= 11 is 0. The van der Waals surface area contributed by atoms with Crippen molar-refractivity contribution in [1.29, 1.82) is 0 Å². The second-order valence-electron chi connectivity index (χ2n) is 4.32. The van der Waals surface area contributed by atoms with Crippen molar-refractivity contribution >= 4 is 5.97 Å². The van der Waals surface area contributed by atoms with Gasteiger partial charge in [0.25, 0.3) is 0 Å². The Morgan fingerprint density at radius 3 is 2.50 bits per heavy atom. The van der Waals surface area contributed by atoms with Crippen LogP contribution in [-0.2, 0) is 9.53 Å². The monoisotopic (exact) mass is 171 g/mol. The van der Waals surface area contributed by atoms with E-state index in [4.69, 9.17) is 4.74 Å². The standard InChI is InChI=1S/C9H17NO2/c1-9(2)5-7(8(11)12-4)10(3)6-9/h7H,5-6H2,1-4H3. The number of esters is 1. The summed E-state index contributed by atoms with van der Waals surface area (Å²) < 4.78 is 4.72. The maximum absolute atomic E-state index is 11.2. The number of methoxy groups -OCH3 is 1. The van der Waals surface area contributed by atoms with Gasteiger partial charge in [0.2, 0.25) is 0 Å². The van der Waals surface area contributed by atoms with Gasteiger partial charge in [0.05, 0.1) is 7.11 Å². The van der Waals surface area contributed by atoms with Crippen LogP contribution in [0.4, 0.5) is 0 Å². The Kier molecular flexibility index (Phi) is 2.42. The Balaban J connectivity index is 2.64. The molecule has 1 aliphatic rings. The lowest BCUT2D eigenvalue weighted by Crippen LogP contribution is -2.33. The minimum absolute atomic E-state index is 0.0370. The number of likely N-dealkylation sites (N-methyl/N-ethyl adjacent to an activating group) is 1. The van der Waals surface area contributed by atoms with Gasteiger partial charge in [0.15, 0.2) is 0 Å². The topological polar surface area (TPSA) is 29.5 Å². The van der Waals surface area contributed by atoms with E-state index in [0.29, 0.717) is 0 Å². The largest absolute Gasteiger partial charge is 0.468 e. The van der Waals surface area contributed by atoms with E-state index in [2.05, 4.69) is 18.7 Å². The first-order valence-corrected chi connectivity index (χ1v) is 4.24. The van der Waals surface area contributed by atoms with Crippen molar-refractivity contribution in [1.82, 2.24) is 4.90 Å². The Hall–Kier alpha value is -0.570. The van der Waals surface area contributed by atoms with Crippen LogP contribution in [0.3, 0.4) is 0 Å². The molecular formula is C9H17NO2. The van der Waals surface area contributed by atoms with E-state index in [1.807, 2.05) is 7.05 Å². The van der Waals surface area contributed by atoms with Gasteiger partial charge in [-0.3, -0.25) is 9.69 Å². The maximum Gasteiger partial charge on any atom is 0.323 e. The maximum atomic E-state index is 11.2. The highest BCUT2D eigenvalue weighted by molar-refractivity contribution is 5.76. The molecule has 3 heteroatoms. The fraction of sp³-hybridized carbons (Fsp3) is 0.889. The molecule has 0 amide bonds. The zero-order chi connectivity index (χ0) is 9.35. The van der Waals surface area contributed by atoms with Crippen molar-refractivity contribution in [2.75, 3.05) is 20.7 Å². The van der Waals surface area contributed by atoms with E-state index in [0.717, 1.165) is 13.0 Å². The Morgan fingerprint density at radius 2 is 2.17 bits per heavy atom. The SMILES string of the molecule is COC(=O)C1CC(C)(C)CN1C. The Bertz CT molecular complexity index is 189. The highest BCUT2D eigenvalue weighted by Crippen LogP contribution is 2.32. The van der Waals surface area contributed by atoms with Gasteiger partial charge in [0, 0.05) is 6.54 Å². The van der Waals surface area contributed by atoms with Gasteiger partial charge < -0.3 is 4.74 Å². The molecule has 0 spiro atoms. The number of rotatable bonds is 1. The smallest absolute Gasteiger partial charge is 0.323 e. The van der Waals surface area contributed by atoms with Crippen molar-refractivity contribution in [2.45, 2.75) is 26.3 Å². The number of hydrogen-bond donors (Lipinski definition) is 0. The summed E-state index contributed by atoms with van der Waals surface area (Å²) in [5, 5.41) is 0. The molecule has 12 heavy (non-hydrogen) atoms. The molecular weight excluding hydrogens is 154 g/mol. The van der Waals surface area contributed by atoms with Gasteiger partial charge in [0.1, 0.15) is 6.04 Å². The lowest BCUT2D eigenvalue weighted by Gasteiger charge is -2.16. The summed E-state index contributed by atoms with van der Waals surface area (Å²) in [6.07, 6.45) is 0.899. The fourth-order valence-corrected chi connectivity index (χ4v) is 1.93. The van der Waals surface area contributed by atoms with Crippen molar-refractivity contribution in [3.8, 4) is 0 Å². The fourth-order valence-electron chi connectivity index (χ4n) is 1.93. The quantitative estimate of drug-likeness (QED) is 0.549. The minimum Gasteiger partial charge on any atom is -0.468 e. The molecule has 0 saturated carbocycles. The second-order valence-corrected chi connectivity index (χ2v) is 4.32. The summed E-state index contributed by atoms with van der Waals surface area (Å²) in [5.41, 5.74) is 0.244. The number of carbonyl (C=O) groups excluding carboxylic acids is 1. The summed E-state index contributed by atoms with van der Waals surface area (Å²) in [5.74, 6) is -0.108. The minimum atomic E-state index is -0.108. The first-order valence-electron chi connectivity index (χ1n) is 4.24. The molecule has 3 nitrogen and oxygen atoms in total. The molecule has 1 saturated heterocycles. The van der Waals surface area contributed by atoms with E-state index in [-0.39, 0.29) is 17.4 Å². The van der Waals surface area contributed by atoms with Crippen LogP contribution >= 0.6 is 0 Å². The number of likely N-dealkylation sites (tertiary alicyclic amines) is 1. The van der Waals surface area contributed by atoms with Gasteiger partial charge in [-0.15, -0.1) is 0 Å². The van der Waals surface area contributed by atoms with Crippen LogP contribution < -0.4 is 0 Å². The van der Waals surface area contributed by atoms with Crippen LogP contribution in [0.2, 0.25) is 0 Å². The van der Waals surface area contributed by atoms with Gasteiger partial charge in [-0.2, -0.15) is 0 Å². The molecule has 1 aliphatic heterocycles. The molecule has 0 aromatic rings. The molecule has 1 fully saturated rings. The van der Waals surface area contributed by atoms with Gasteiger partial charge in [-0.05, 0) is 18.9 Å². The van der Waals surface area contributed by atoms with Gasteiger partial charge in [-0.1, -0.05) is 13.8 Å². The van der Waals surface area contributed by atoms with E-state index < -0.39 is 0 Å². The van der Waals surface area contributed by atoms with Crippen LogP contribution in [0.1, 0.15) is 20.3 Å². The number of carbonyl (C=O) groups is 1. The lowest BCUT2D eigenvalue weighted by molar-refractivity contribution is -0.145. The van der Waals surface area contributed by atoms with E-state index in [1.165, 1.54) is 7.11 Å². The summed E-state index contributed by atoms with van der Waals surface area (Å²) in [7, 11) is 3.41. The predicted molar refractivity (Wildman–Crippen MR) is 46.8 cm³/mol. The van der Waals surface area contributed by atoms with Crippen LogP contribution in [0.15, 0.2) is 0 Å². The zero-order valence-corrected chi connectivity index (χ0v) is 8.26. The second kappa shape index (κ2) is 3.05. The molecule has 0 N–H and O–H groups in total. The third-order valence-electron chi connectivity index (χ3n) is 2.43. The van der Waals surface area contributed by atoms with E-state index in [9.17, 15) is 4.79 Å². The number of nitrogens with zero attached hydrogens (tertiary/aromatic N) is 1. The average Bonchev–Trinajstić information content (AvgIpc) is 2.23. The molecule has 1 rings (SSSR count). The van der Waals surface area contributed by atoms with Crippen LogP contribution in [-0.4, -0.2) is 37.6 Å². The molecule has 1 heterocycles. The van der Waals surface area contributed by atoms with Crippen LogP contribution in [0.25, 0.3) is 0 Å². The van der Waals surface area contributed by atoms with Gasteiger partial charge in [-0.25, -0.2) is 0 Å². The normalized spacial score (nSPS) is 28.8. The van der Waals surface area contributed by atoms with Crippen molar-refractivity contribution in [2.24, 2.45) is 5.41 Å². The van der Waals surface area contributed by atoms with E-state index in [1.54, 1.807) is 0 Å².